The maximum atomic E-state index is 12.6. The molecule has 5 heteroatoms. The number of anilines is 2. The third-order valence-corrected chi connectivity index (χ3v) is 6.30. The highest BCUT2D eigenvalue weighted by atomic mass is 32.2. The molecule has 0 radical (unpaired) electrons. The quantitative estimate of drug-likeness (QED) is 0.590. The number of amides is 2. The van der Waals surface area contributed by atoms with Crippen LogP contribution in [0.3, 0.4) is 0 Å². The van der Waals surface area contributed by atoms with Crippen LogP contribution in [0.1, 0.15) is 28.5 Å². The van der Waals surface area contributed by atoms with E-state index in [1.165, 1.54) is 0 Å². The molecule has 2 amide bonds. The van der Waals surface area contributed by atoms with Crippen LogP contribution in [0.15, 0.2) is 78.9 Å². The zero-order chi connectivity index (χ0) is 20.9. The molecule has 0 aliphatic carbocycles. The van der Waals surface area contributed by atoms with Crippen molar-refractivity contribution < 1.29 is 9.59 Å². The van der Waals surface area contributed by atoms with E-state index in [2.05, 4.69) is 5.32 Å². The van der Waals surface area contributed by atoms with Crippen LogP contribution in [-0.4, -0.2) is 17.6 Å². The molecule has 0 unspecified atom stereocenters. The monoisotopic (exact) mass is 416 g/mol. The predicted molar refractivity (Wildman–Crippen MR) is 124 cm³/mol. The Labute approximate surface area is 181 Å². The minimum absolute atomic E-state index is 0.0123. The van der Waals surface area contributed by atoms with Crippen molar-refractivity contribution in [2.75, 3.05) is 16.0 Å². The van der Waals surface area contributed by atoms with Crippen LogP contribution >= 0.6 is 11.8 Å². The average molecular weight is 417 g/mol. The molecule has 1 atom stereocenters. The van der Waals surface area contributed by atoms with E-state index in [-0.39, 0.29) is 17.2 Å². The van der Waals surface area contributed by atoms with Gasteiger partial charge in [0.1, 0.15) is 5.37 Å². The normalized spacial score (nSPS) is 16.0. The molecular formula is C25H24N2O2S. The summed E-state index contributed by atoms with van der Waals surface area (Å²) in [4.78, 5) is 26.9. The highest BCUT2D eigenvalue weighted by molar-refractivity contribution is 8.00. The fourth-order valence-corrected chi connectivity index (χ4v) is 4.79. The van der Waals surface area contributed by atoms with Crippen molar-refractivity contribution in [2.24, 2.45) is 0 Å². The van der Waals surface area contributed by atoms with Gasteiger partial charge in [-0.15, -0.1) is 11.8 Å². The first-order chi connectivity index (χ1) is 14.6. The van der Waals surface area contributed by atoms with Gasteiger partial charge in [0.25, 0.3) is 0 Å². The topological polar surface area (TPSA) is 49.4 Å². The highest BCUT2D eigenvalue weighted by Crippen LogP contribution is 2.42. The first kappa shape index (κ1) is 20.2. The van der Waals surface area contributed by atoms with Crippen LogP contribution < -0.4 is 10.2 Å². The molecule has 0 bridgehead atoms. The molecule has 1 aliphatic rings. The Balaban J connectivity index is 1.47. The van der Waals surface area contributed by atoms with E-state index >= 15 is 0 Å². The van der Waals surface area contributed by atoms with Gasteiger partial charge in [0.2, 0.25) is 11.8 Å². The Morgan fingerprint density at radius 2 is 1.83 bits per heavy atom. The Hall–Kier alpha value is -3.05. The number of nitrogens with one attached hydrogen (secondary N) is 1. The Morgan fingerprint density at radius 1 is 1.03 bits per heavy atom. The van der Waals surface area contributed by atoms with Crippen LogP contribution in [0.2, 0.25) is 0 Å². The number of nitrogens with zero attached hydrogens (tertiary/aromatic N) is 1. The molecule has 1 fully saturated rings. The number of benzene rings is 3. The minimum Gasteiger partial charge on any atom is -0.326 e. The van der Waals surface area contributed by atoms with Crippen LogP contribution in [0, 0.1) is 6.92 Å². The second-order valence-electron chi connectivity index (χ2n) is 7.43. The maximum Gasteiger partial charge on any atom is 0.238 e. The third-order valence-electron chi connectivity index (χ3n) is 5.09. The molecule has 0 spiro atoms. The molecule has 1 heterocycles. The number of hydrogen-bond donors (Lipinski definition) is 1. The predicted octanol–water partition coefficient (Wildman–Crippen LogP) is 5.34. The van der Waals surface area contributed by atoms with Gasteiger partial charge >= 0.3 is 0 Å². The highest BCUT2D eigenvalue weighted by Gasteiger charge is 2.34. The van der Waals surface area contributed by atoms with Gasteiger partial charge in [0, 0.05) is 17.8 Å². The van der Waals surface area contributed by atoms with Gasteiger partial charge in [-0.1, -0.05) is 54.6 Å². The third kappa shape index (κ3) is 4.74. The molecule has 1 aliphatic heterocycles. The van der Waals surface area contributed by atoms with Crippen molar-refractivity contribution in [1.29, 1.82) is 0 Å². The lowest BCUT2D eigenvalue weighted by Crippen LogP contribution is -2.27. The maximum absolute atomic E-state index is 12.6. The summed E-state index contributed by atoms with van der Waals surface area (Å²) in [5, 5.41) is 2.90. The summed E-state index contributed by atoms with van der Waals surface area (Å²) in [5.74, 6) is 0.543. The fourth-order valence-electron chi connectivity index (χ4n) is 3.62. The van der Waals surface area contributed by atoms with Gasteiger partial charge < -0.3 is 5.32 Å². The number of rotatable bonds is 6. The molecular weight excluding hydrogens is 392 g/mol. The number of carbonyl (C=O) groups excluding carboxylic acids is 2. The summed E-state index contributed by atoms with van der Waals surface area (Å²) in [6.07, 6.45) is 1.14. The summed E-state index contributed by atoms with van der Waals surface area (Å²) in [6, 6.07) is 25.8. The number of hydrogen-bond acceptors (Lipinski definition) is 3. The van der Waals surface area contributed by atoms with Gasteiger partial charge in [-0.05, 0) is 54.3 Å². The second kappa shape index (κ2) is 9.18. The van der Waals surface area contributed by atoms with Gasteiger partial charge in [0.05, 0.1) is 5.75 Å². The number of carbonyl (C=O) groups is 2. The van der Waals surface area contributed by atoms with Crippen LogP contribution in [-0.2, 0) is 16.0 Å². The average Bonchev–Trinajstić information content (AvgIpc) is 3.15. The Morgan fingerprint density at radius 3 is 2.63 bits per heavy atom. The standard InChI is InChI=1S/C25H24N2O2S/c1-18-7-5-12-22(15-18)27-24(29)17-30-25(27)20-10-6-11-21(16-20)26-23(28)14-13-19-8-3-2-4-9-19/h2-12,15-16,25H,13-14,17H2,1H3,(H,26,28)/t25-/m0/s1. The van der Waals surface area contributed by atoms with Crippen molar-refractivity contribution in [3.05, 3.63) is 95.6 Å². The van der Waals surface area contributed by atoms with E-state index in [0.717, 1.165) is 28.1 Å². The van der Waals surface area contributed by atoms with Crippen molar-refractivity contribution in [3.8, 4) is 0 Å². The molecule has 0 aromatic heterocycles. The molecule has 152 valence electrons. The van der Waals surface area contributed by atoms with Crippen molar-refractivity contribution in [1.82, 2.24) is 0 Å². The SMILES string of the molecule is Cc1cccc(N2C(=O)CS[C@H]2c2cccc(NC(=O)CCc3ccccc3)c2)c1. The Kier molecular flexibility index (Phi) is 6.19. The zero-order valence-electron chi connectivity index (χ0n) is 16.9. The lowest BCUT2D eigenvalue weighted by Gasteiger charge is -2.25. The van der Waals surface area contributed by atoms with Gasteiger partial charge in [-0.3, -0.25) is 14.5 Å². The largest absolute Gasteiger partial charge is 0.326 e. The molecule has 0 saturated carbocycles. The van der Waals surface area contributed by atoms with E-state index in [9.17, 15) is 9.59 Å². The zero-order valence-corrected chi connectivity index (χ0v) is 17.7. The van der Waals surface area contributed by atoms with Gasteiger partial charge in [-0.2, -0.15) is 0 Å². The van der Waals surface area contributed by atoms with E-state index in [0.29, 0.717) is 18.6 Å². The molecule has 3 aromatic rings. The summed E-state index contributed by atoms with van der Waals surface area (Å²) in [5.41, 5.74) is 4.95. The van der Waals surface area contributed by atoms with Crippen molar-refractivity contribution in [3.63, 3.8) is 0 Å². The lowest BCUT2D eigenvalue weighted by atomic mass is 10.1. The van der Waals surface area contributed by atoms with E-state index in [1.807, 2.05) is 90.7 Å². The number of aryl methyl sites for hydroxylation is 2. The van der Waals surface area contributed by atoms with Gasteiger partial charge in [0.15, 0.2) is 0 Å². The molecule has 3 aromatic carbocycles. The van der Waals surface area contributed by atoms with Crippen molar-refractivity contribution >= 4 is 35.0 Å². The molecule has 30 heavy (non-hydrogen) atoms. The fraction of sp³-hybridized carbons (Fsp3) is 0.200. The molecule has 1 saturated heterocycles. The van der Waals surface area contributed by atoms with E-state index in [1.54, 1.807) is 11.8 Å². The van der Waals surface area contributed by atoms with Gasteiger partial charge in [-0.25, -0.2) is 0 Å². The minimum atomic E-state index is -0.0968. The molecule has 1 N–H and O–H groups in total. The number of thioether (sulfide) groups is 1. The summed E-state index contributed by atoms with van der Waals surface area (Å²) < 4.78 is 0. The van der Waals surface area contributed by atoms with Crippen LogP contribution in [0.4, 0.5) is 11.4 Å². The van der Waals surface area contributed by atoms with Crippen LogP contribution in [0.25, 0.3) is 0 Å². The second-order valence-corrected chi connectivity index (χ2v) is 8.49. The first-order valence-electron chi connectivity index (χ1n) is 10.0. The molecule has 4 nitrogen and oxygen atoms in total. The Bertz CT molecular complexity index is 1050. The van der Waals surface area contributed by atoms with Crippen molar-refractivity contribution in [2.45, 2.75) is 25.1 Å². The summed E-state index contributed by atoms with van der Waals surface area (Å²) in [6.45, 7) is 2.03. The van der Waals surface area contributed by atoms with E-state index < -0.39 is 0 Å². The first-order valence-corrected chi connectivity index (χ1v) is 11.1. The summed E-state index contributed by atoms with van der Waals surface area (Å²) in [7, 11) is 0. The summed E-state index contributed by atoms with van der Waals surface area (Å²) >= 11 is 1.61. The lowest BCUT2D eigenvalue weighted by molar-refractivity contribution is -0.116. The van der Waals surface area contributed by atoms with Crippen LogP contribution in [0.5, 0.6) is 0 Å². The van der Waals surface area contributed by atoms with E-state index in [4.69, 9.17) is 0 Å². The molecule has 4 rings (SSSR count). The smallest absolute Gasteiger partial charge is 0.238 e.